The maximum atomic E-state index is 12.3. The highest BCUT2D eigenvalue weighted by Crippen LogP contribution is 2.38. The normalized spacial score (nSPS) is 27.9. The van der Waals surface area contributed by atoms with E-state index in [1.54, 1.807) is 13.8 Å². The van der Waals surface area contributed by atoms with Crippen molar-refractivity contribution in [1.29, 1.82) is 0 Å². The van der Waals surface area contributed by atoms with Gasteiger partial charge < -0.3 is 33.7 Å². The van der Waals surface area contributed by atoms with Gasteiger partial charge in [-0.1, -0.05) is 11.0 Å². The molecule has 2 fully saturated rings. The lowest BCUT2D eigenvalue weighted by atomic mass is 10.1. The number of azide groups is 1. The Hall–Kier alpha value is -2.39. The van der Waals surface area contributed by atoms with E-state index in [0.717, 1.165) is 0 Å². The summed E-state index contributed by atoms with van der Waals surface area (Å²) in [5.41, 5.74) is 8.55. The second-order valence-corrected chi connectivity index (χ2v) is 6.69. The van der Waals surface area contributed by atoms with Crippen molar-refractivity contribution in [2.45, 2.75) is 50.3 Å². The van der Waals surface area contributed by atoms with E-state index in [2.05, 4.69) is 26.0 Å². The van der Waals surface area contributed by atoms with Crippen LogP contribution in [0.4, 0.5) is 0 Å². The highest BCUT2D eigenvalue weighted by atomic mass is 16.8. The van der Waals surface area contributed by atoms with E-state index in [1.165, 1.54) is 7.11 Å². The van der Waals surface area contributed by atoms with Crippen molar-refractivity contribution in [3.05, 3.63) is 10.4 Å². The number of amides is 1. The largest absolute Gasteiger partial charge is 0.467 e. The summed E-state index contributed by atoms with van der Waals surface area (Å²) in [5, 5.41) is 5.95. The van der Waals surface area contributed by atoms with Crippen LogP contribution in [0.1, 0.15) is 13.8 Å². The molecule has 12 nitrogen and oxygen atoms in total. The number of esters is 1. The fraction of sp³-hybridized carbons (Fsp3) is 0.765. The van der Waals surface area contributed by atoms with Gasteiger partial charge in [0.2, 0.25) is 5.91 Å². The van der Waals surface area contributed by atoms with Gasteiger partial charge in [-0.2, -0.15) is 0 Å². The van der Waals surface area contributed by atoms with Crippen LogP contribution in [0.3, 0.4) is 0 Å². The van der Waals surface area contributed by atoms with Gasteiger partial charge in [-0.25, -0.2) is 4.79 Å². The summed E-state index contributed by atoms with van der Waals surface area (Å²) in [6.45, 7) is 2.85. The smallest absolute Gasteiger partial charge is 0.330 e. The number of carbonyl (C=O) groups is 2. The van der Waals surface area contributed by atoms with Crippen LogP contribution in [0.2, 0.25) is 0 Å². The Kier molecular flexibility index (Phi) is 8.21. The predicted octanol–water partition coefficient (Wildman–Crippen LogP) is -0.134. The van der Waals surface area contributed by atoms with Crippen molar-refractivity contribution in [3.63, 3.8) is 0 Å². The number of carbonyl (C=O) groups excluding carboxylic acids is 2. The average Bonchev–Trinajstić information content (AvgIpc) is 3.14. The van der Waals surface area contributed by atoms with Crippen LogP contribution in [0.15, 0.2) is 5.11 Å². The zero-order chi connectivity index (χ0) is 21.4. The van der Waals surface area contributed by atoms with E-state index in [-0.39, 0.29) is 19.8 Å². The Balaban J connectivity index is 1.95. The molecule has 2 aliphatic rings. The third kappa shape index (κ3) is 6.30. The van der Waals surface area contributed by atoms with Gasteiger partial charge in [0.1, 0.15) is 25.4 Å². The molecule has 0 aromatic carbocycles. The Morgan fingerprint density at radius 2 is 2.17 bits per heavy atom. The highest BCUT2D eigenvalue weighted by Gasteiger charge is 2.55. The summed E-state index contributed by atoms with van der Waals surface area (Å²) in [6, 6.07) is -1.04. The zero-order valence-corrected chi connectivity index (χ0v) is 16.4. The molecule has 2 heterocycles. The van der Waals surface area contributed by atoms with Crippen molar-refractivity contribution in [2.24, 2.45) is 5.11 Å². The molecule has 0 unspecified atom stereocenters. The number of rotatable bonds is 10. The standard InChI is InChI=1S/C17H24N4O8/c1-5-6-25-8-10(15(23)24-4)20-12(22)9-26-13-11(7-19-21-18)27-16-14(13)28-17(2,3)29-16/h1,10-11,13-14,16H,6-9H2,2-4H3,(H,20,22)/t10-,11+,13-,14+,16+/m0/s1. The van der Waals surface area contributed by atoms with Gasteiger partial charge in [0, 0.05) is 4.91 Å². The second kappa shape index (κ2) is 10.4. The molecule has 0 aliphatic carbocycles. The number of nitrogens with zero attached hydrogens (tertiary/aromatic N) is 3. The van der Waals surface area contributed by atoms with Crippen molar-refractivity contribution in [3.8, 4) is 12.3 Å². The van der Waals surface area contributed by atoms with E-state index in [1.807, 2.05) is 0 Å². The third-order valence-electron chi connectivity index (χ3n) is 4.11. The van der Waals surface area contributed by atoms with Crippen LogP contribution in [-0.2, 0) is 38.0 Å². The van der Waals surface area contributed by atoms with E-state index in [4.69, 9.17) is 35.6 Å². The Morgan fingerprint density at radius 1 is 1.41 bits per heavy atom. The first-order valence-electron chi connectivity index (χ1n) is 8.83. The molecule has 2 rings (SSSR count). The van der Waals surface area contributed by atoms with Crippen LogP contribution in [0, 0.1) is 12.3 Å². The minimum Gasteiger partial charge on any atom is -0.467 e. The molecular formula is C17H24N4O8. The molecule has 0 spiro atoms. The quantitative estimate of drug-likeness (QED) is 0.130. The minimum absolute atomic E-state index is 0.0173. The number of nitrogens with one attached hydrogen (secondary N) is 1. The second-order valence-electron chi connectivity index (χ2n) is 6.69. The summed E-state index contributed by atoms with van der Waals surface area (Å²) in [6.07, 6.45) is 2.41. The van der Waals surface area contributed by atoms with Crippen LogP contribution < -0.4 is 5.32 Å². The van der Waals surface area contributed by atoms with Crippen LogP contribution in [0.5, 0.6) is 0 Å². The lowest BCUT2D eigenvalue weighted by Crippen LogP contribution is -2.47. The van der Waals surface area contributed by atoms with Gasteiger partial charge in [0.05, 0.1) is 26.4 Å². The van der Waals surface area contributed by atoms with Crippen LogP contribution in [0.25, 0.3) is 10.4 Å². The lowest BCUT2D eigenvalue weighted by Gasteiger charge is -2.25. The van der Waals surface area contributed by atoms with E-state index in [0.29, 0.717) is 0 Å². The molecule has 0 radical (unpaired) electrons. The molecule has 12 heteroatoms. The monoisotopic (exact) mass is 412 g/mol. The number of ether oxygens (including phenoxy) is 6. The Bertz CT molecular complexity index is 687. The SMILES string of the molecule is C#CCOC[C@H](NC(=O)CO[C@@H]1[C@H]2OC(C)(C)O[C@H]2O[C@@H]1CN=[N+]=[N-])C(=O)OC. The third-order valence-corrected chi connectivity index (χ3v) is 4.11. The molecule has 5 atom stereocenters. The molecule has 2 saturated heterocycles. The van der Waals surface area contributed by atoms with E-state index >= 15 is 0 Å². The molecule has 0 aromatic heterocycles. The Morgan fingerprint density at radius 3 is 2.83 bits per heavy atom. The average molecular weight is 412 g/mol. The predicted molar refractivity (Wildman–Crippen MR) is 96.0 cm³/mol. The van der Waals surface area contributed by atoms with Gasteiger partial charge in [-0.3, -0.25) is 4.79 Å². The lowest BCUT2D eigenvalue weighted by molar-refractivity contribution is -0.216. The van der Waals surface area contributed by atoms with Gasteiger partial charge in [0.25, 0.3) is 0 Å². The number of hydrogen-bond donors (Lipinski definition) is 1. The summed E-state index contributed by atoms with van der Waals surface area (Å²) < 4.78 is 32.5. The van der Waals surface area contributed by atoms with Crippen LogP contribution in [-0.4, -0.2) is 81.8 Å². The van der Waals surface area contributed by atoms with Crippen molar-refractivity contribution < 1.29 is 38.0 Å². The van der Waals surface area contributed by atoms with Gasteiger partial charge >= 0.3 is 5.97 Å². The number of methoxy groups -OCH3 is 1. The molecular weight excluding hydrogens is 388 g/mol. The minimum atomic E-state index is -1.04. The van der Waals surface area contributed by atoms with Crippen molar-refractivity contribution in [1.82, 2.24) is 5.32 Å². The molecule has 160 valence electrons. The molecule has 1 amide bonds. The van der Waals surface area contributed by atoms with Crippen LogP contribution >= 0.6 is 0 Å². The van der Waals surface area contributed by atoms with Gasteiger partial charge in [-0.05, 0) is 19.4 Å². The molecule has 0 aromatic rings. The molecule has 2 aliphatic heterocycles. The molecule has 1 N–H and O–H groups in total. The molecule has 0 saturated carbocycles. The van der Waals surface area contributed by atoms with Crippen molar-refractivity contribution in [2.75, 3.05) is 33.5 Å². The van der Waals surface area contributed by atoms with Gasteiger partial charge in [-0.15, -0.1) is 6.42 Å². The summed E-state index contributed by atoms with van der Waals surface area (Å²) in [7, 11) is 1.19. The molecule has 0 bridgehead atoms. The first-order chi connectivity index (χ1) is 13.8. The number of fused-ring (bicyclic) bond motifs is 1. The summed E-state index contributed by atoms with van der Waals surface area (Å²) in [5.74, 6) is 0.103. The van der Waals surface area contributed by atoms with Gasteiger partial charge in [0.15, 0.2) is 18.1 Å². The number of terminal acetylenes is 1. The van der Waals surface area contributed by atoms with E-state index < -0.39 is 54.9 Å². The van der Waals surface area contributed by atoms with E-state index in [9.17, 15) is 9.59 Å². The fourth-order valence-corrected chi connectivity index (χ4v) is 2.97. The molecule has 29 heavy (non-hydrogen) atoms. The first-order valence-corrected chi connectivity index (χ1v) is 8.83. The maximum Gasteiger partial charge on any atom is 0.330 e. The topological polar surface area (TPSA) is 150 Å². The highest BCUT2D eigenvalue weighted by molar-refractivity contribution is 5.85. The summed E-state index contributed by atoms with van der Waals surface area (Å²) in [4.78, 5) is 26.8. The maximum absolute atomic E-state index is 12.3. The zero-order valence-electron chi connectivity index (χ0n) is 16.4. The Labute approximate surface area is 167 Å². The van der Waals surface area contributed by atoms with Crippen molar-refractivity contribution >= 4 is 11.9 Å². The number of hydrogen-bond acceptors (Lipinski definition) is 9. The summed E-state index contributed by atoms with van der Waals surface area (Å²) >= 11 is 0. The first kappa shape index (κ1) is 22.9. The fourth-order valence-electron chi connectivity index (χ4n) is 2.97.